The van der Waals surface area contributed by atoms with Gasteiger partial charge < -0.3 is 15.6 Å². The Morgan fingerprint density at radius 1 is 1.30 bits per heavy atom. The Morgan fingerprint density at radius 3 is 2.75 bits per heavy atom. The minimum atomic E-state index is 0.717. The predicted molar refractivity (Wildman–Crippen MR) is 85.3 cm³/mol. The number of nitrogen functional groups attached to an aromatic ring is 1. The SMILES string of the molecule is CCc1cc(-c2nc3nc(N(C)C)ccc3[nH]2)c(N)s1. The first-order valence-corrected chi connectivity index (χ1v) is 7.32. The van der Waals surface area contributed by atoms with E-state index >= 15 is 0 Å². The Kier molecular flexibility index (Phi) is 3.10. The van der Waals surface area contributed by atoms with Crippen LogP contribution in [0.15, 0.2) is 18.2 Å². The molecule has 3 heterocycles. The third-order valence-electron chi connectivity index (χ3n) is 3.20. The smallest absolute Gasteiger partial charge is 0.180 e. The number of imidazole rings is 1. The van der Waals surface area contributed by atoms with Crippen LogP contribution in [0, 0.1) is 0 Å². The number of thiophene rings is 1. The molecule has 3 aromatic rings. The van der Waals surface area contributed by atoms with E-state index in [2.05, 4.69) is 27.9 Å². The monoisotopic (exact) mass is 287 g/mol. The molecule has 0 aliphatic heterocycles. The molecular weight excluding hydrogens is 270 g/mol. The lowest BCUT2D eigenvalue weighted by molar-refractivity contribution is 1.08. The maximum Gasteiger partial charge on any atom is 0.180 e. The number of nitrogens with one attached hydrogen (secondary N) is 1. The van der Waals surface area contributed by atoms with E-state index < -0.39 is 0 Å². The Bertz CT molecular complexity index is 756. The summed E-state index contributed by atoms with van der Waals surface area (Å²) in [4.78, 5) is 15.6. The van der Waals surface area contributed by atoms with Crippen LogP contribution >= 0.6 is 11.3 Å². The van der Waals surface area contributed by atoms with Crippen LogP contribution in [0.5, 0.6) is 0 Å². The van der Waals surface area contributed by atoms with E-state index in [4.69, 9.17) is 5.73 Å². The van der Waals surface area contributed by atoms with Gasteiger partial charge in [-0.25, -0.2) is 9.97 Å². The topological polar surface area (TPSA) is 70.8 Å². The fourth-order valence-corrected chi connectivity index (χ4v) is 2.95. The van der Waals surface area contributed by atoms with Gasteiger partial charge in [-0.2, -0.15) is 0 Å². The number of aromatic amines is 1. The van der Waals surface area contributed by atoms with Crippen molar-refractivity contribution in [2.75, 3.05) is 24.7 Å². The molecule has 0 spiro atoms. The van der Waals surface area contributed by atoms with Gasteiger partial charge in [0.05, 0.1) is 16.1 Å². The van der Waals surface area contributed by atoms with Crippen LogP contribution in [0.4, 0.5) is 10.8 Å². The van der Waals surface area contributed by atoms with Crippen LogP contribution in [0.1, 0.15) is 11.8 Å². The second kappa shape index (κ2) is 4.79. The first kappa shape index (κ1) is 12.9. The lowest BCUT2D eigenvalue weighted by Crippen LogP contribution is -2.10. The molecule has 6 heteroatoms. The molecule has 0 aliphatic carbocycles. The Balaban J connectivity index is 2.10. The summed E-state index contributed by atoms with van der Waals surface area (Å²) in [5.41, 5.74) is 8.69. The number of nitrogens with zero attached hydrogens (tertiary/aromatic N) is 3. The average molecular weight is 287 g/mol. The molecule has 0 unspecified atom stereocenters. The highest BCUT2D eigenvalue weighted by Crippen LogP contribution is 2.33. The van der Waals surface area contributed by atoms with Gasteiger partial charge in [0, 0.05) is 19.0 Å². The second-order valence-electron chi connectivity index (χ2n) is 4.86. The van der Waals surface area contributed by atoms with Gasteiger partial charge in [0.25, 0.3) is 0 Å². The third kappa shape index (κ3) is 2.12. The molecule has 20 heavy (non-hydrogen) atoms. The van der Waals surface area contributed by atoms with Crippen molar-refractivity contribution in [2.45, 2.75) is 13.3 Å². The van der Waals surface area contributed by atoms with Gasteiger partial charge in [0.15, 0.2) is 5.65 Å². The van der Waals surface area contributed by atoms with E-state index in [1.807, 2.05) is 31.1 Å². The van der Waals surface area contributed by atoms with Crippen LogP contribution in [0.25, 0.3) is 22.6 Å². The Hall–Kier alpha value is -2.08. The predicted octanol–water partition coefficient (Wildman–Crippen LogP) is 2.90. The van der Waals surface area contributed by atoms with Crippen LogP contribution in [-0.4, -0.2) is 29.0 Å². The minimum absolute atomic E-state index is 0.717. The second-order valence-corrected chi connectivity index (χ2v) is 6.03. The van der Waals surface area contributed by atoms with Gasteiger partial charge in [0.1, 0.15) is 11.6 Å². The maximum absolute atomic E-state index is 6.08. The quantitative estimate of drug-likeness (QED) is 0.777. The van der Waals surface area contributed by atoms with Crippen LogP contribution in [0.2, 0.25) is 0 Å². The van der Waals surface area contributed by atoms with Crippen LogP contribution < -0.4 is 10.6 Å². The summed E-state index contributed by atoms with van der Waals surface area (Å²) in [6.45, 7) is 2.12. The molecule has 104 valence electrons. The number of hydrogen-bond acceptors (Lipinski definition) is 5. The summed E-state index contributed by atoms with van der Waals surface area (Å²) in [5, 5.41) is 0.800. The highest BCUT2D eigenvalue weighted by Gasteiger charge is 2.13. The molecule has 0 atom stereocenters. The van der Waals surface area contributed by atoms with Gasteiger partial charge in [-0.3, -0.25) is 0 Å². The molecule has 0 saturated heterocycles. The third-order valence-corrected chi connectivity index (χ3v) is 4.31. The standard InChI is InChI=1S/C14H17N5S/c1-4-8-7-9(12(15)20-8)13-16-10-5-6-11(19(2)3)17-14(10)18-13/h5-7H,4,15H2,1-3H3,(H,16,17,18). The summed E-state index contributed by atoms with van der Waals surface area (Å²) >= 11 is 1.62. The summed E-state index contributed by atoms with van der Waals surface area (Å²) in [7, 11) is 3.93. The normalized spacial score (nSPS) is 11.2. The number of nitrogens with two attached hydrogens (primary N) is 1. The van der Waals surface area contributed by atoms with Crippen molar-refractivity contribution in [2.24, 2.45) is 0 Å². The van der Waals surface area contributed by atoms with E-state index in [0.29, 0.717) is 0 Å². The van der Waals surface area contributed by atoms with Crippen molar-refractivity contribution in [3.05, 3.63) is 23.1 Å². The van der Waals surface area contributed by atoms with Crippen molar-refractivity contribution in [3.8, 4) is 11.4 Å². The highest BCUT2D eigenvalue weighted by molar-refractivity contribution is 7.16. The molecule has 0 aromatic carbocycles. The van der Waals surface area contributed by atoms with E-state index in [0.717, 1.165) is 39.8 Å². The molecule has 0 radical (unpaired) electrons. The maximum atomic E-state index is 6.08. The molecule has 5 nitrogen and oxygen atoms in total. The zero-order chi connectivity index (χ0) is 14.3. The van der Waals surface area contributed by atoms with Crippen molar-refractivity contribution in [1.82, 2.24) is 15.0 Å². The molecule has 3 N–H and O–H groups in total. The van der Waals surface area contributed by atoms with Crippen molar-refractivity contribution >= 4 is 33.3 Å². The van der Waals surface area contributed by atoms with Crippen molar-refractivity contribution in [3.63, 3.8) is 0 Å². The van der Waals surface area contributed by atoms with Gasteiger partial charge in [0.2, 0.25) is 0 Å². The van der Waals surface area contributed by atoms with E-state index in [9.17, 15) is 0 Å². The van der Waals surface area contributed by atoms with Crippen LogP contribution in [0.3, 0.4) is 0 Å². The van der Waals surface area contributed by atoms with Crippen molar-refractivity contribution in [1.29, 1.82) is 0 Å². The van der Waals surface area contributed by atoms with Gasteiger partial charge >= 0.3 is 0 Å². The number of fused-ring (bicyclic) bond motifs is 1. The number of H-pyrrole nitrogens is 1. The molecule has 0 saturated carbocycles. The van der Waals surface area contributed by atoms with Crippen molar-refractivity contribution < 1.29 is 0 Å². The van der Waals surface area contributed by atoms with Gasteiger partial charge in [-0.1, -0.05) is 6.92 Å². The number of aryl methyl sites for hydroxylation is 1. The van der Waals surface area contributed by atoms with Crippen LogP contribution in [-0.2, 0) is 6.42 Å². The number of aromatic nitrogens is 3. The summed E-state index contributed by atoms with van der Waals surface area (Å²) < 4.78 is 0. The summed E-state index contributed by atoms with van der Waals surface area (Å²) in [6, 6.07) is 6.07. The number of hydrogen-bond donors (Lipinski definition) is 2. The van der Waals surface area contributed by atoms with Gasteiger partial charge in [-0.15, -0.1) is 11.3 Å². The van der Waals surface area contributed by atoms with E-state index in [1.54, 1.807) is 11.3 Å². The molecule has 0 amide bonds. The molecular formula is C14H17N5S. The number of pyridine rings is 1. The number of rotatable bonds is 3. The number of anilines is 2. The van der Waals surface area contributed by atoms with E-state index in [-0.39, 0.29) is 0 Å². The van der Waals surface area contributed by atoms with E-state index in [1.165, 1.54) is 4.88 Å². The first-order valence-electron chi connectivity index (χ1n) is 6.51. The highest BCUT2D eigenvalue weighted by atomic mass is 32.1. The summed E-state index contributed by atoms with van der Waals surface area (Å²) in [6.07, 6.45) is 0.984. The Morgan fingerprint density at radius 2 is 2.10 bits per heavy atom. The fraction of sp³-hybridized carbons (Fsp3) is 0.286. The lowest BCUT2D eigenvalue weighted by atomic mass is 10.2. The molecule has 3 aromatic heterocycles. The minimum Gasteiger partial charge on any atom is -0.390 e. The van der Waals surface area contributed by atoms with Gasteiger partial charge in [-0.05, 0) is 24.6 Å². The largest absolute Gasteiger partial charge is 0.390 e. The summed E-state index contributed by atoms with van der Waals surface area (Å²) in [5.74, 6) is 1.68. The zero-order valence-electron chi connectivity index (χ0n) is 11.8. The Labute approximate surface area is 121 Å². The molecule has 0 fully saturated rings. The zero-order valence-corrected chi connectivity index (χ0v) is 12.6. The molecule has 3 rings (SSSR count). The lowest BCUT2D eigenvalue weighted by Gasteiger charge is -2.09. The molecule has 0 bridgehead atoms. The molecule has 0 aliphatic rings. The first-order chi connectivity index (χ1) is 9.58. The fourth-order valence-electron chi connectivity index (χ4n) is 2.08. The average Bonchev–Trinajstić information content (AvgIpc) is 3.00.